The summed E-state index contributed by atoms with van der Waals surface area (Å²) in [6.45, 7) is -0.465. The second-order valence-corrected chi connectivity index (χ2v) is 11.2. The Morgan fingerprint density at radius 1 is 0.795 bits per heavy atom. The molecule has 0 heterocycles. The molecule has 0 aromatic heterocycles. The van der Waals surface area contributed by atoms with Crippen molar-refractivity contribution >= 4 is 39.1 Å². The molecule has 202 valence electrons. The van der Waals surface area contributed by atoms with Crippen molar-refractivity contribution in [1.82, 2.24) is 0 Å². The Balaban J connectivity index is 1.65. The van der Waals surface area contributed by atoms with Crippen molar-refractivity contribution in [2.24, 2.45) is 0 Å². The number of carbonyl (C=O) groups excluding carboxylic acids is 1. The van der Waals surface area contributed by atoms with Crippen molar-refractivity contribution in [3.8, 4) is 17.2 Å². The van der Waals surface area contributed by atoms with Crippen LogP contribution in [-0.2, 0) is 14.8 Å². The molecule has 0 bridgehead atoms. The minimum atomic E-state index is -4.19. The zero-order valence-electron chi connectivity index (χ0n) is 21.7. The molecule has 0 aliphatic rings. The summed E-state index contributed by atoms with van der Waals surface area (Å²) >= 11 is 1.50. The predicted octanol–water partition coefficient (Wildman–Crippen LogP) is 5.70. The Hall–Kier alpha value is -4.15. The highest BCUT2D eigenvalue weighted by molar-refractivity contribution is 7.99. The minimum absolute atomic E-state index is 0.0520. The van der Waals surface area contributed by atoms with Crippen molar-refractivity contribution in [2.75, 3.05) is 37.5 Å². The summed E-state index contributed by atoms with van der Waals surface area (Å²) in [5.74, 6) is 0.691. The molecule has 4 rings (SSSR count). The SMILES string of the molecule is COc1ccc(N(CC(=O)Nc2ccccc2Sc2ccccc2)S(=O)(=O)c2ccc(OC)c(OC)c2)cc1. The first-order chi connectivity index (χ1) is 18.8. The Kier molecular flexibility index (Phi) is 9.00. The number of nitrogens with zero attached hydrogens (tertiary/aromatic N) is 1. The molecule has 0 radical (unpaired) electrons. The van der Waals surface area contributed by atoms with Crippen LogP contribution in [0.15, 0.2) is 112 Å². The van der Waals surface area contributed by atoms with Crippen molar-refractivity contribution in [3.05, 3.63) is 97.1 Å². The maximum Gasteiger partial charge on any atom is 0.264 e. The van der Waals surface area contributed by atoms with Crippen LogP contribution in [0.1, 0.15) is 0 Å². The van der Waals surface area contributed by atoms with Gasteiger partial charge < -0.3 is 19.5 Å². The van der Waals surface area contributed by atoms with E-state index in [-0.39, 0.29) is 10.6 Å². The maximum atomic E-state index is 13.9. The second-order valence-electron chi connectivity index (χ2n) is 8.19. The number of nitrogens with one attached hydrogen (secondary N) is 1. The van der Waals surface area contributed by atoms with Crippen LogP contribution in [0.5, 0.6) is 17.2 Å². The van der Waals surface area contributed by atoms with Gasteiger partial charge in [0.1, 0.15) is 12.3 Å². The highest BCUT2D eigenvalue weighted by atomic mass is 32.2. The summed E-state index contributed by atoms with van der Waals surface area (Å²) in [5, 5.41) is 2.88. The number of amides is 1. The van der Waals surface area contributed by atoms with Crippen molar-refractivity contribution < 1.29 is 27.4 Å². The molecule has 8 nitrogen and oxygen atoms in total. The molecule has 0 unspecified atom stereocenters. The van der Waals surface area contributed by atoms with Gasteiger partial charge in [0, 0.05) is 15.9 Å². The van der Waals surface area contributed by atoms with Crippen LogP contribution >= 0.6 is 11.8 Å². The fourth-order valence-corrected chi connectivity index (χ4v) is 6.12. The molecule has 0 spiro atoms. The number of anilines is 2. The second kappa shape index (κ2) is 12.6. The van der Waals surface area contributed by atoms with Crippen LogP contribution < -0.4 is 23.8 Å². The number of para-hydroxylation sites is 1. The number of hydrogen-bond donors (Lipinski definition) is 1. The lowest BCUT2D eigenvalue weighted by atomic mass is 10.3. The molecule has 0 saturated heterocycles. The van der Waals surface area contributed by atoms with Crippen molar-refractivity contribution in [1.29, 1.82) is 0 Å². The smallest absolute Gasteiger partial charge is 0.264 e. The largest absolute Gasteiger partial charge is 0.497 e. The fourth-order valence-electron chi connectivity index (χ4n) is 3.76. The number of benzene rings is 4. The van der Waals surface area contributed by atoms with Crippen LogP contribution in [0.2, 0.25) is 0 Å². The molecule has 4 aromatic carbocycles. The molecule has 0 aliphatic heterocycles. The van der Waals surface area contributed by atoms with Crippen LogP contribution in [0.25, 0.3) is 0 Å². The van der Waals surface area contributed by atoms with Gasteiger partial charge in [0.2, 0.25) is 5.91 Å². The number of sulfonamides is 1. The number of carbonyl (C=O) groups is 1. The van der Waals surface area contributed by atoms with Gasteiger partial charge >= 0.3 is 0 Å². The van der Waals surface area contributed by atoms with Gasteiger partial charge in [-0.3, -0.25) is 9.10 Å². The molecular formula is C29H28N2O6S2. The lowest BCUT2D eigenvalue weighted by molar-refractivity contribution is -0.114. The summed E-state index contributed by atoms with van der Waals surface area (Å²) in [4.78, 5) is 15.1. The van der Waals surface area contributed by atoms with Gasteiger partial charge in [-0.05, 0) is 60.7 Å². The van der Waals surface area contributed by atoms with Crippen LogP contribution in [0.4, 0.5) is 11.4 Å². The summed E-state index contributed by atoms with van der Waals surface area (Å²) in [6, 6.07) is 27.9. The van der Waals surface area contributed by atoms with E-state index in [4.69, 9.17) is 14.2 Å². The third-order valence-electron chi connectivity index (χ3n) is 5.72. The van der Waals surface area contributed by atoms with E-state index in [9.17, 15) is 13.2 Å². The zero-order chi connectivity index (χ0) is 27.8. The number of hydrogen-bond acceptors (Lipinski definition) is 7. The van der Waals surface area contributed by atoms with Gasteiger partial charge in [0.25, 0.3) is 10.0 Å². The monoisotopic (exact) mass is 564 g/mol. The maximum absolute atomic E-state index is 13.9. The number of methoxy groups -OCH3 is 3. The average molecular weight is 565 g/mol. The Morgan fingerprint density at radius 3 is 2.13 bits per heavy atom. The van der Waals surface area contributed by atoms with E-state index in [1.807, 2.05) is 48.5 Å². The first-order valence-corrected chi connectivity index (χ1v) is 14.1. The molecule has 0 saturated carbocycles. The third-order valence-corrected chi connectivity index (χ3v) is 8.58. The average Bonchev–Trinajstić information content (AvgIpc) is 2.97. The van der Waals surface area contributed by atoms with Gasteiger partial charge in [0.05, 0.1) is 37.6 Å². The van der Waals surface area contributed by atoms with Crippen LogP contribution in [-0.4, -0.2) is 42.2 Å². The molecule has 4 aromatic rings. The summed E-state index contributed by atoms with van der Waals surface area (Å²) < 4.78 is 44.5. The van der Waals surface area contributed by atoms with Crippen molar-refractivity contribution in [2.45, 2.75) is 14.7 Å². The topological polar surface area (TPSA) is 94.2 Å². The first kappa shape index (κ1) is 27.9. The molecule has 1 amide bonds. The van der Waals surface area contributed by atoms with Crippen LogP contribution in [0, 0.1) is 0 Å². The molecule has 0 atom stereocenters. The molecule has 39 heavy (non-hydrogen) atoms. The van der Waals surface area contributed by atoms with E-state index in [1.54, 1.807) is 30.3 Å². The highest BCUT2D eigenvalue weighted by Crippen LogP contribution is 2.34. The lowest BCUT2D eigenvalue weighted by Gasteiger charge is -2.25. The normalized spacial score (nSPS) is 10.9. The van der Waals surface area contributed by atoms with Gasteiger partial charge in [-0.2, -0.15) is 0 Å². The van der Waals surface area contributed by atoms with E-state index in [0.717, 1.165) is 14.1 Å². The molecule has 1 N–H and O–H groups in total. The quantitative estimate of drug-likeness (QED) is 0.250. The fraction of sp³-hybridized carbons (Fsp3) is 0.138. The Morgan fingerprint density at radius 2 is 1.46 bits per heavy atom. The van der Waals surface area contributed by atoms with Crippen LogP contribution in [0.3, 0.4) is 0 Å². The number of rotatable bonds is 11. The third kappa shape index (κ3) is 6.65. The zero-order valence-corrected chi connectivity index (χ0v) is 23.3. The number of ether oxygens (including phenoxy) is 3. The Labute approximate surface area is 232 Å². The van der Waals surface area contributed by atoms with E-state index in [1.165, 1.54) is 51.3 Å². The van der Waals surface area contributed by atoms with Gasteiger partial charge in [-0.1, -0.05) is 42.1 Å². The van der Waals surface area contributed by atoms with Crippen molar-refractivity contribution in [3.63, 3.8) is 0 Å². The van der Waals surface area contributed by atoms with E-state index < -0.39 is 22.5 Å². The van der Waals surface area contributed by atoms with E-state index in [0.29, 0.717) is 22.9 Å². The van der Waals surface area contributed by atoms with Gasteiger partial charge in [0.15, 0.2) is 11.5 Å². The summed E-state index contributed by atoms with van der Waals surface area (Å²) in [7, 11) is 0.224. The summed E-state index contributed by atoms with van der Waals surface area (Å²) in [6.07, 6.45) is 0. The molecular weight excluding hydrogens is 536 g/mol. The molecule has 10 heteroatoms. The van der Waals surface area contributed by atoms with Gasteiger partial charge in [-0.25, -0.2) is 8.42 Å². The van der Waals surface area contributed by atoms with E-state index in [2.05, 4.69) is 5.32 Å². The molecule has 0 fully saturated rings. The highest BCUT2D eigenvalue weighted by Gasteiger charge is 2.29. The van der Waals surface area contributed by atoms with E-state index >= 15 is 0 Å². The first-order valence-electron chi connectivity index (χ1n) is 11.9. The Bertz CT molecular complexity index is 1530. The molecule has 0 aliphatic carbocycles. The lowest BCUT2D eigenvalue weighted by Crippen LogP contribution is -2.38. The standard InChI is InChI=1S/C29H28N2O6S2/c1-35-22-15-13-21(14-16-22)31(39(33,34)24-17-18-26(36-2)27(19-24)37-3)20-29(32)30-25-11-7-8-12-28(25)38-23-9-5-4-6-10-23/h4-19H,20H2,1-3H3,(H,30,32). The van der Waals surface area contributed by atoms with Gasteiger partial charge in [-0.15, -0.1) is 0 Å². The summed E-state index contributed by atoms with van der Waals surface area (Å²) in [5.41, 5.74) is 0.877. The minimum Gasteiger partial charge on any atom is -0.497 e. The predicted molar refractivity (Wildman–Crippen MR) is 153 cm³/mol.